The van der Waals surface area contributed by atoms with Crippen LogP contribution in [0.2, 0.25) is 0 Å². The van der Waals surface area contributed by atoms with E-state index in [4.69, 9.17) is 9.84 Å². The molecule has 0 aromatic heterocycles. The largest absolute Gasteiger partial charge is 0.479 e. The van der Waals surface area contributed by atoms with Crippen LogP contribution in [0.5, 0.6) is 0 Å². The summed E-state index contributed by atoms with van der Waals surface area (Å²) >= 11 is 0. The summed E-state index contributed by atoms with van der Waals surface area (Å²) in [6, 6.07) is 5.38. The number of aliphatic carboxylic acids is 1. The minimum atomic E-state index is -3.75. The average molecular weight is 342 g/mol. The molecule has 0 saturated heterocycles. The van der Waals surface area contributed by atoms with Crippen LogP contribution in [0.3, 0.4) is 0 Å². The Morgan fingerprint density at radius 3 is 2.70 bits per heavy atom. The van der Waals surface area contributed by atoms with Gasteiger partial charge < -0.3 is 15.2 Å². The molecule has 0 bridgehead atoms. The first-order chi connectivity index (χ1) is 10.8. The SMILES string of the molecule is C=CCNS(=O)(=O)c1cccc(C(=O)NCC(OC)C(=O)O)c1. The van der Waals surface area contributed by atoms with Gasteiger partial charge in [-0.05, 0) is 18.2 Å². The maximum absolute atomic E-state index is 12.0. The summed E-state index contributed by atoms with van der Waals surface area (Å²) < 4.78 is 30.9. The molecule has 0 heterocycles. The summed E-state index contributed by atoms with van der Waals surface area (Å²) in [5.41, 5.74) is 0.0896. The molecule has 0 aliphatic carbocycles. The lowest BCUT2D eigenvalue weighted by atomic mass is 10.2. The number of carboxylic acid groups (broad SMARTS) is 1. The second-order valence-electron chi connectivity index (χ2n) is 4.44. The number of carbonyl (C=O) groups excluding carboxylic acids is 1. The quantitative estimate of drug-likeness (QED) is 0.542. The van der Waals surface area contributed by atoms with Crippen molar-refractivity contribution in [2.45, 2.75) is 11.0 Å². The maximum Gasteiger partial charge on any atom is 0.334 e. The van der Waals surface area contributed by atoms with Gasteiger partial charge in [0.05, 0.1) is 11.4 Å². The summed E-state index contributed by atoms with van der Waals surface area (Å²) in [5.74, 6) is -1.81. The van der Waals surface area contributed by atoms with Crippen LogP contribution in [0.25, 0.3) is 0 Å². The highest BCUT2D eigenvalue weighted by Gasteiger charge is 2.19. The van der Waals surface area contributed by atoms with Crippen LogP contribution in [-0.2, 0) is 19.6 Å². The Bertz CT molecular complexity index is 686. The number of rotatable bonds is 9. The predicted octanol–water partition coefficient (Wildman–Crippen LogP) is -0.0197. The number of amides is 1. The number of carbonyl (C=O) groups is 2. The minimum absolute atomic E-state index is 0.0624. The van der Waals surface area contributed by atoms with Crippen LogP contribution in [0.1, 0.15) is 10.4 Å². The topological polar surface area (TPSA) is 122 Å². The van der Waals surface area contributed by atoms with Crippen molar-refractivity contribution in [3.8, 4) is 0 Å². The lowest BCUT2D eigenvalue weighted by molar-refractivity contribution is -0.148. The van der Waals surface area contributed by atoms with Crippen molar-refractivity contribution in [1.82, 2.24) is 10.0 Å². The Balaban J connectivity index is 2.85. The molecule has 8 nitrogen and oxygen atoms in total. The van der Waals surface area contributed by atoms with Crippen molar-refractivity contribution in [3.63, 3.8) is 0 Å². The fourth-order valence-electron chi connectivity index (χ4n) is 1.62. The number of sulfonamides is 1. The molecule has 9 heteroatoms. The Hall–Kier alpha value is -2.23. The summed E-state index contributed by atoms with van der Waals surface area (Å²) in [4.78, 5) is 22.7. The van der Waals surface area contributed by atoms with E-state index in [1.54, 1.807) is 0 Å². The number of carboxylic acids is 1. The highest BCUT2D eigenvalue weighted by molar-refractivity contribution is 7.89. The first-order valence-electron chi connectivity index (χ1n) is 6.56. The van der Waals surface area contributed by atoms with Crippen molar-refractivity contribution < 1.29 is 27.9 Å². The third-order valence-corrected chi connectivity index (χ3v) is 4.25. The van der Waals surface area contributed by atoms with E-state index in [9.17, 15) is 18.0 Å². The fourth-order valence-corrected chi connectivity index (χ4v) is 2.66. The van der Waals surface area contributed by atoms with E-state index in [0.717, 1.165) is 0 Å². The lowest BCUT2D eigenvalue weighted by Gasteiger charge is -2.12. The molecular formula is C14H18N2O6S. The molecule has 1 aromatic carbocycles. The van der Waals surface area contributed by atoms with E-state index in [0.29, 0.717) is 0 Å². The summed E-state index contributed by atoms with van der Waals surface area (Å²) in [6.07, 6.45) is 0.213. The van der Waals surface area contributed by atoms with Gasteiger partial charge >= 0.3 is 5.97 Å². The standard InChI is InChI=1S/C14H18N2O6S/c1-3-7-16-23(20,21)11-6-4-5-10(8-11)13(17)15-9-12(22-2)14(18)19/h3-6,8,12,16H,1,7,9H2,2H3,(H,15,17)(H,18,19). The maximum atomic E-state index is 12.0. The van der Waals surface area contributed by atoms with E-state index >= 15 is 0 Å². The molecule has 0 aliphatic heterocycles. The van der Waals surface area contributed by atoms with E-state index in [1.807, 2.05) is 0 Å². The number of benzene rings is 1. The summed E-state index contributed by atoms with van der Waals surface area (Å²) in [7, 11) is -2.54. The molecular weight excluding hydrogens is 324 g/mol. The van der Waals surface area contributed by atoms with Crippen LogP contribution in [-0.4, -0.2) is 51.7 Å². The highest BCUT2D eigenvalue weighted by Crippen LogP contribution is 2.11. The molecule has 0 fully saturated rings. The van der Waals surface area contributed by atoms with Gasteiger partial charge in [-0.3, -0.25) is 4.79 Å². The second-order valence-corrected chi connectivity index (χ2v) is 6.21. The summed E-state index contributed by atoms with van der Waals surface area (Å²) in [6.45, 7) is 3.24. The van der Waals surface area contributed by atoms with Gasteiger partial charge in [0.1, 0.15) is 0 Å². The molecule has 0 saturated carbocycles. The molecule has 3 N–H and O–H groups in total. The van der Waals surface area contributed by atoms with Crippen molar-refractivity contribution >= 4 is 21.9 Å². The predicted molar refractivity (Wildman–Crippen MR) is 82.6 cm³/mol. The van der Waals surface area contributed by atoms with Crippen LogP contribution in [0.4, 0.5) is 0 Å². The number of hydrogen-bond donors (Lipinski definition) is 3. The molecule has 0 aliphatic rings. The van der Waals surface area contributed by atoms with Gasteiger partial charge in [-0.1, -0.05) is 12.1 Å². The molecule has 1 unspecified atom stereocenters. The molecule has 126 valence electrons. The monoisotopic (exact) mass is 342 g/mol. The Kier molecular flexibility index (Phi) is 6.89. The zero-order chi connectivity index (χ0) is 17.5. The molecule has 1 rings (SSSR count). The van der Waals surface area contributed by atoms with Gasteiger partial charge in [-0.15, -0.1) is 6.58 Å². The molecule has 0 radical (unpaired) electrons. The smallest absolute Gasteiger partial charge is 0.334 e. The zero-order valence-corrected chi connectivity index (χ0v) is 13.3. The fraction of sp³-hybridized carbons (Fsp3) is 0.286. The molecule has 23 heavy (non-hydrogen) atoms. The molecule has 1 aromatic rings. The van der Waals surface area contributed by atoms with Gasteiger partial charge in [0.25, 0.3) is 5.91 Å². The van der Waals surface area contributed by atoms with Crippen molar-refractivity contribution in [2.24, 2.45) is 0 Å². The lowest BCUT2D eigenvalue weighted by Crippen LogP contribution is -2.37. The minimum Gasteiger partial charge on any atom is -0.479 e. The number of methoxy groups -OCH3 is 1. The first kappa shape index (κ1) is 18.8. The van der Waals surface area contributed by atoms with Gasteiger partial charge in [0.2, 0.25) is 10.0 Å². The Morgan fingerprint density at radius 2 is 2.13 bits per heavy atom. The van der Waals surface area contributed by atoms with Gasteiger partial charge in [-0.25, -0.2) is 17.9 Å². The highest BCUT2D eigenvalue weighted by atomic mass is 32.2. The van der Waals surface area contributed by atoms with E-state index in [2.05, 4.69) is 16.6 Å². The number of hydrogen-bond acceptors (Lipinski definition) is 5. The third-order valence-electron chi connectivity index (χ3n) is 2.83. The Morgan fingerprint density at radius 1 is 1.43 bits per heavy atom. The Labute approximate surface area is 134 Å². The molecule has 0 spiro atoms. The zero-order valence-electron chi connectivity index (χ0n) is 12.5. The van der Waals surface area contributed by atoms with Crippen LogP contribution in [0, 0.1) is 0 Å². The van der Waals surface area contributed by atoms with Crippen molar-refractivity contribution in [3.05, 3.63) is 42.5 Å². The van der Waals surface area contributed by atoms with E-state index in [1.165, 1.54) is 37.5 Å². The van der Waals surface area contributed by atoms with Crippen LogP contribution < -0.4 is 10.0 Å². The van der Waals surface area contributed by atoms with Crippen LogP contribution in [0.15, 0.2) is 41.8 Å². The third kappa shape index (κ3) is 5.47. The van der Waals surface area contributed by atoms with E-state index in [-0.39, 0.29) is 23.5 Å². The second kappa shape index (κ2) is 8.42. The number of nitrogens with one attached hydrogen (secondary N) is 2. The van der Waals surface area contributed by atoms with Gasteiger partial charge in [-0.2, -0.15) is 0 Å². The first-order valence-corrected chi connectivity index (χ1v) is 8.04. The van der Waals surface area contributed by atoms with Crippen molar-refractivity contribution in [1.29, 1.82) is 0 Å². The van der Waals surface area contributed by atoms with E-state index < -0.39 is 28.0 Å². The normalized spacial score (nSPS) is 12.4. The van der Waals surface area contributed by atoms with Crippen LogP contribution >= 0.6 is 0 Å². The van der Waals surface area contributed by atoms with Gasteiger partial charge in [0.15, 0.2) is 6.10 Å². The average Bonchev–Trinajstić information content (AvgIpc) is 2.53. The summed E-state index contributed by atoms with van der Waals surface area (Å²) in [5, 5.41) is 11.2. The van der Waals surface area contributed by atoms with Crippen molar-refractivity contribution in [2.75, 3.05) is 20.2 Å². The molecule has 1 amide bonds. The van der Waals surface area contributed by atoms with Gasteiger partial charge in [0, 0.05) is 19.2 Å². The number of ether oxygens (including phenoxy) is 1. The molecule has 1 atom stereocenters.